The zero-order valence-electron chi connectivity index (χ0n) is 10.1. The van der Waals surface area contributed by atoms with Gasteiger partial charge in [0.2, 0.25) is 0 Å². The maximum Gasteiger partial charge on any atom is 0.126 e. The number of hydrogen-bond acceptors (Lipinski definition) is 1. The number of hydrogen-bond donors (Lipinski definition) is 0. The van der Waals surface area contributed by atoms with Gasteiger partial charge in [0.15, 0.2) is 0 Å². The molecular formula is C14H20O. The quantitative estimate of drug-likeness (QED) is 0.686. The molecule has 0 radical (unpaired) electrons. The van der Waals surface area contributed by atoms with E-state index in [9.17, 15) is 4.79 Å². The molecule has 1 atom stereocenters. The summed E-state index contributed by atoms with van der Waals surface area (Å²) in [5.41, 5.74) is 3.60. The number of carbonyl (C=O) groups is 1. The Balaban J connectivity index is 2.93. The van der Waals surface area contributed by atoms with E-state index in [1.165, 1.54) is 16.7 Å². The Morgan fingerprint density at radius 3 is 2.13 bits per heavy atom. The van der Waals surface area contributed by atoms with E-state index in [0.29, 0.717) is 0 Å². The minimum absolute atomic E-state index is 0.208. The van der Waals surface area contributed by atoms with Crippen LogP contribution in [-0.2, 0) is 11.2 Å². The molecule has 15 heavy (non-hydrogen) atoms. The molecule has 1 nitrogen and oxygen atoms in total. The van der Waals surface area contributed by atoms with Gasteiger partial charge in [0, 0.05) is 5.41 Å². The lowest BCUT2D eigenvalue weighted by Gasteiger charge is -2.21. The molecular weight excluding hydrogens is 184 g/mol. The second-order valence-corrected chi connectivity index (χ2v) is 4.80. The summed E-state index contributed by atoms with van der Waals surface area (Å²) >= 11 is 0. The zero-order chi connectivity index (χ0) is 11.5. The molecule has 1 rings (SSSR count). The number of benzene rings is 1. The van der Waals surface area contributed by atoms with Crippen molar-refractivity contribution in [1.29, 1.82) is 0 Å². The van der Waals surface area contributed by atoms with E-state index in [2.05, 4.69) is 39.0 Å². The fourth-order valence-corrected chi connectivity index (χ4v) is 1.89. The van der Waals surface area contributed by atoms with Gasteiger partial charge in [0.05, 0.1) is 0 Å². The maximum absolute atomic E-state index is 11.0. The molecule has 1 heteroatoms. The van der Waals surface area contributed by atoms with Crippen molar-refractivity contribution in [2.24, 2.45) is 5.41 Å². The van der Waals surface area contributed by atoms with Crippen molar-refractivity contribution in [3.63, 3.8) is 0 Å². The van der Waals surface area contributed by atoms with Crippen molar-refractivity contribution in [3.8, 4) is 0 Å². The highest BCUT2D eigenvalue weighted by Crippen LogP contribution is 2.24. The first-order valence-electron chi connectivity index (χ1n) is 5.52. The van der Waals surface area contributed by atoms with Crippen molar-refractivity contribution in [2.75, 3.05) is 0 Å². The summed E-state index contributed by atoms with van der Waals surface area (Å²) in [6.07, 6.45) is 2.82. The molecule has 0 saturated carbocycles. The SMILES string of the molecule is CCC(C)(C=O)Cc1cc(C)cc(C)c1. The van der Waals surface area contributed by atoms with E-state index in [0.717, 1.165) is 19.1 Å². The van der Waals surface area contributed by atoms with E-state index in [4.69, 9.17) is 0 Å². The van der Waals surface area contributed by atoms with Crippen LogP contribution < -0.4 is 0 Å². The molecule has 0 heterocycles. The maximum atomic E-state index is 11.0. The van der Waals surface area contributed by atoms with Gasteiger partial charge in [0.25, 0.3) is 0 Å². The van der Waals surface area contributed by atoms with E-state index in [1.54, 1.807) is 0 Å². The van der Waals surface area contributed by atoms with Crippen LogP contribution in [0.2, 0.25) is 0 Å². The Kier molecular flexibility index (Phi) is 3.67. The van der Waals surface area contributed by atoms with E-state index < -0.39 is 0 Å². The fourth-order valence-electron chi connectivity index (χ4n) is 1.89. The highest BCUT2D eigenvalue weighted by molar-refractivity contribution is 5.59. The van der Waals surface area contributed by atoms with Crippen LogP contribution in [0, 0.1) is 19.3 Å². The van der Waals surface area contributed by atoms with Crippen LogP contribution in [0.25, 0.3) is 0 Å². The van der Waals surface area contributed by atoms with Crippen LogP contribution in [-0.4, -0.2) is 6.29 Å². The topological polar surface area (TPSA) is 17.1 Å². The second kappa shape index (κ2) is 4.61. The third kappa shape index (κ3) is 3.19. The summed E-state index contributed by atoms with van der Waals surface area (Å²) in [7, 11) is 0. The van der Waals surface area contributed by atoms with E-state index >= 15 is 0 Å². The predicted molar refractivity (Wildman–Crippen MR) is 64.1 cm³/mol. The molecule has 1 aromatic rings. The summed E-state index contributed by atoms with van der Waals surface area (Å²) in [6.45, 7) is 8.29. The predicted octanol–water partition coefficient (Wildman–Crippen LogP) is 3.46. The van der Waals surface area contributed by atoms with Crippen molar-refractivity contribution in [2.45, 2.75) is 40.5 Å². The molecule has 0 fully saturated rings. The van der Waals surface area contributed by atoms with Crippen LogP contribution >= 0.6 is 0 Å². The molecule has 0 aliphatic heterocycles. The average Bonchev–Trinajstić information content (AvgIpc) is 2.16. The third-order valence-electron chi connectivity index (χ3n) is 2.98. The van der Waals surface area contributed by atoms with E-state index in [-0.39, 0.29) is 5.41 Å². The fraction of sp³-hybridized carbons (Fsp3) is 0.500. The Hall–Kier alpha value is -1.11. The Morgan fingerprint density at radius 1 is 1.20 bits per heavy atom. The van der Waals surface area contributed by atoms with Gasteiger partial charge in [-0.05, 0) is 32.3 Å². The summed E-state index contributed by atoms with van der Waals surface area (Å²) in [5.74, 6) is 0. The molecule has 0 saturated heterocycles. The lowest BCUT2D eigenvalue weighted by Crippen LogP contribution is -2.20. The van der Waals surface area contributed by atoms with Crippen molar-refractivity contribution in [3.05, 3.63) is 34.9 Å². The summed E-state index contributed by atoms with van der Waals surface area (Å²) < 4.78 is 0. The standard InChI is InChI=1S/C14H20O/c1-5-14(4,10-15)9-13-7-11(2)6-12(3)8-13/h6-8,10H,5,9H2,1-4H3. The average molecular weight is 204 g/mol. The third-order valence-corrected chi connectivity index (χ3v) is 2.98. The van der Waals surface area contributed by atoms with Crippen LogP contribution in [0.3, 0.4) is 0 Å². The molecule has 1 aromatic carbocycles. The van der Waals surface area contributed by atoms with Gasteiger partial charge < -0.3 is 4.79 Å². The van der Waals surface area contributed by atoms with Crippen molar-refractivity contribution in [1.82, 2.24) is 0 Å². The van der Waals surface area contributed by atoms with Gasteiger partial charge in [-0.25, -0.2) is 0 Å². The largest absolute Gasteiger partial charge is 0.303 e. The highest BCUT2D eigenvalue weighted by atomic mass is 16.1. The van der Waals surface area contributed by atoms with E-state index in [1.807, 2.05) is 6.92 Å². The second-order valence-electron chi connectivity index (χ2n) is 4.80. The molecule has 0 aliphatic rings. The van der Waals surface area contributed by atoms with Crippen LogP contribution in [0.5, 0.6) is 0 Å². The zero-order valence-corrected chi connectivity index (χ0v) is 10.1. The number of carbonyl (C=O) groups excluding carboxylic acids is 1. The summed E-state index contributed by atoms with van der Waals surface area (Å²) in [4.78, 5) is 11.0. The highest BCUT2D eigenvalue weighted by Gasteiger charge is 2.21. The van der Waals surface area contributed by atoms with Crippen LogP contribution in [0.4, 0.5) is 0 Å². The molecule has 0 N–H and O–H groups in total. The van der Waals surface area contributed by atoms with Gasteiger partial charge in [-0.1, -0.05) is 43.2 Å². The summed E-state index contributed by atoms with van der Waals surface area (Å²) in [5, 5.41) is 0. The first kappa shape index (κ1) is 12.0. The number of aryl methyl sites for hydroxylation is 2. The van der Waals surface area contributed by atoms with Crippen LogP contribution in [0.1, 0.15) is 37.0 Å². The molecule has 82 valence electrons. The normalized spacial score (nSPS) is 14.7. The molecule has 0 bridgehead atoms. The molecule has 1 unspecified atom stereocenters. The number of aldehydes is 1. The minimum atomic E-state index is -0.208. The van der Waals surface area contributed by atoms with Gasteiger partial charge in [-0.2, -0.15) is 0 Å². The molecule has 0 spiro atoms. The monoisotopic (exact) mass is 204 g/mol. The molecule has 0 aliphatic carbocycles. The van der Waals surface area contributed by atoms with Crippen molar-refractivity contribution >= 4 is 6.29 Å². The Labute approximate surface area is 92.5 Å². The van der Waals surface area contributed by atoms with Crippen LogP contribution in [0.15, 0.2) is 18.2 Å². The van der Waals surface area contributed by atoms with Crippen molar-refractivity contribution < 1.29 is 4.79 Å². The molecule has 0 amide bonds. The van der Waals surface area contributed by atoms with Gasteiger partial charge >= 0.3 is 0 Å². The first-order valence-corrected chi connectivity index (χ1v) is 5.52. The Bertz CT molecular complexity index is 334. The number of rotatable bonds is 4. The minimum Gasteiger partial charge on any atom is -0.303 e. The van der Waals surface area contributed by atoms with Gasteiger partial charge in [-0.3, -0.25) is 0 Å². The first-order chi connectivity index (χ1) is 6.99. The molecule has 0 aromatic heterocycles. The lowest BCUT2D eigenvalue weighted by molar-refractivity contribution is -0.115. The lowest BCUT2D eigenvalue weighted by atomic mass is 9.82. The Morgan fingerprint density at radius 2 is 1.73 bits per heavy atom. The van der Waals surface area contributed by atoms with Gasteiger partial charge in [-0.15, -0.1) is 0 Å². The smallest absolute Gasteiger partial charge is 0.126 e. The van der Waals surface area contributed by atoms with Gasteiger partial charge in [0.1, 0.15) is 6.29 Å². The summed E-state index contributed by atoms with van der Waals surface area (Å²) in [6, 6.07) is 6.50.